The Morgan fingerprint density at radius 2 is 1.74 bits per heavy atom. The summed E-state index contributed by atoms with van der Waals surface area (Å²) in [6.45, 7) is 2.71. The molecule has 7 nitrogen and oxygen atoms in total. The van der Waals surface area contributed by atoms with Crippen LogP contribution in [-0.4, -0.2) is 24.4 Å². The topological polar surface area (TPSA) is 108 Å². The van der Waals surface area contributed by atoms with Gasteiger partial charge in [-0.3, -0.25) is 20.4 Å². The number of fused-ring (bicyclic) bond motifs is 2. The van der Waals surface area contributed by atoms with E-state index in [4.69, 9.17) is 4.74 Å². The van der Waals surface area contributed by atoms with Crippen LogP contribution in [0.2, 0.25) is 0 Å². The van der Waals surface area contributed by atoms with Crippen LogP contribution in [0.4, 0.5) is 0 Å². The molecule has 0 heterocycles. The number of unbranched alkanes of at least 4 members (excludes halogenated alkanes) is 1. The highest BCUT2D eigenvalue weighted by molar-refractivity contribution is 5.96. The molecule has 1 aromatic rings. The monoisotopic (exact) mass is 373 g/mol. The highest BCUT2D eigenvalue weighted by Crippen LogP contribution is 2.52. The van der Waals surface area contributed by atoms with Crippen LogP contribution in [0.15, 0.2) is 24.3 Å². The number of aliphatic carboxylic acids is 1. The quantitative estimate of drug-likeness (QED) is 0.548. The summed E-state index contributed by atoms with van der Waals surface area (Å²) in [6, 6.07) is 6.64. The average Bonchev–Trinajstić information content (AvgIpc) is 3.28. The maximum absolute atomic E-state index is 12.4. The van der Waals surface area contributed by atoms with Crippen LogP contribution in [0.3, 0.4) is 0 Å². The van der Waals surface area contributed by atoms with E-state index < -0.39 is 29.6 Å². The summed E-state index contributed by atoms with van der Waals surface area (Å²) in [7, 11) is 0. The van der Waals surface area contributed by atoms with Gasteiger partial charge in [-0.15, -0.1) is 0 Å². The molecule has 27 heavy (non-hydrogen) atoms. The standard InChI is InChI=1S/C20H26N2O5/c1-2-3-10-27-15-8-6-12(7-9-15)18(23)21-22-19(24)16-13-4-5-14(11-13)17(16)20(25)26/h6-9,13-14,16-17H,2-5,10-11H2,1H3,(H,21,23)(H,22,24)(H,25,26)/p-1/t13-,14-,16-,17-/m0/s1. The minimum absolute atomic E-state index is 0.00621. The second kappa shape index (κ2) is 8.41. The van der Waals surface area contributed by atoms with Gasteiger partial charge in [-0.05, 0) is 61.8 Å². The van der Waals surface area contributed by atoms with Crippen LogP contribution >= 0.6 is 0 Å². The lowest BCUT2D eigenvalue weighted by Gasteiger charge is -2.30. The fourth-order valence-electron chi connectivity index (χ4n) is 4.32. The summed E-state index contributed by atoms with van der Waals surface area (Å²) in [6.07, 6.45) is 4.42. The van der Waals surface area contributed by atoms with E-state index >= 15 is 0 Å². The van der Waals surface area contributed by atoms with E-state index in [-0.39, 0.29) is 11.8 Å². The minimum Gasteiger partial charge on any atom is -0.550 e. The Bertz CT molecular complexity index is 703. The lowest BCUT2D eigenvalue weighted by Crippen LogP contribution is -2.50. The Morgan fingerprint density at radius 3 is 2.37 bits per heavy atom. The largest absolute Gasteiger partial charge is 0.550 e. The van der Waals surface area contributed by atoms with E-state index in [0.717, 1.165) is 32.1 Å². The number of hydrogen-bond acceptors (Lipinski definition) is 5. The molecule has 146 valence electrons. The van der Waals surface area contributed by atoms with Gasteiger partial charge >= 0.3 is 0 Å². The zero-order chi connectivity index (χ0) is 19.4. The molecule has 2 bridgehead atoms. The molecule has 2 amide bonds. The third kappa shape index (κ3) is 4.23. The molecule has 1 aromatic carbocycles. The minimum atomic E-state index is -1.17. The summed E-state index contributed by atoms with van der Waals surface area (Å²) in [5, 5.41) is 11.4. The number of benzene rings is 1. The van der Waals surface area contributed by atoms with Crippen molar-refractivity contribution < 1.29 is 24.2 Å². The van der Waals surface area contributed by atoms with Crippen molar-refractivity contribution in [3.63, 3.8) is 0 Å². The van der Waals surface area contributed by atoms with Crippen molar-refractivity contribution in [1.29, 1.82) is 0 Å². The number of carbonyl (C=O) groups excluding carboxylic acids is 3. The molecule has 0 saturated heterocycles. The van der Waals surface area contributed by atoms with E-state index in [1.54, 1.807) is 24.3 Å². The summed E-state index contributed by atoms with van der Waals surface area (Å²) >= 11 is 0. The Kier molecular flexibility index (Phi) is 5.98. The number of rotatable bonds is 7. The highest BCUT2D eigenvalue weighted by Gasteiger charge is 2.51. The molecule has 0 aliphatic heterocycles. The van der Waals surface area contributed by atoms with Crippen molar-refractivity contribution in [3.05, 3.63) is 29.8 Å². The second-order valence-electron chi connectivity index (χ2n) is 7.37. The zero-order valence-corrected chi connectivity index (χ0v) is 15.4. The van der Waals surface area contributed by atoms with Crippen LogP contribution < -0.4 is 20.7 Å². The van der Waals surface area contributed by atoms with Crippen molar-refractivity contribution in [2.75, 3.05) is 6.61 Å². The molecule has 3 rings (SSSR count). The van der Waals surface area contributed by atoms with Gasteiger partial charge in [-0.1, -0.05) is 13.3 Å². The van der Waals surface area contributed by atoms with E-state index in [9.17, 15) is 19.5 Å². The Morgan fingerprint density at radius 1 is 1.07 bits per heavy atom. The van der Waals surface area contributed by atoms with E-state index in [0.29, 0.717) is 17.9 Å². The molecule has 0 spiro atoms. The fourth-order valence-corrected chi connectivity index (χ4v) is 4.32. The van der Waals surface area contributed by atoms with E-state index in [1.807, 2.05) is 0 Å². The molecule has 2 N–H and O–H groups in total. The summed E-state index contributed by atoms with van der Waals surface area (Å²) < 4.78 is 5.55. The number of carbonyl (C=O) groups is 3. The van der Waals surface area contributed by atoms with Crippen LogP contribution in [0.5, 0.6) is 5.75 Å². The molecule has 0 aromatic heterocycles. The first-order valence-corrected chi connectivity index (χ1v) is 9.55. The summed E-state index contributed by atoms with van der Waals surface area (Å²) in [5.41, 5.74) is 5.14. The Balaban J connectivity index is 1.53. The number of ether oxygens (including phenoxy) is 1. The number of nitrogens with one attached hydrogen (secondary N) is 2. The molecule has 7 heteroatoms. The molecule has 2 aliphatic carbocycles. The van der Waals surface area contributed by atoms with E-state index in [1.165, 1.54) is 0 Å². The number of carboxylic acids is 1. The molecule has 2 fully saturated rings. The predicted molar refractivity (Wildman–Crippen MR) is 95.3 cm³/mol. The number of carboxylic acid groups (broad SMARTS) is 1. The maximum Gasteiger partial charge on any atom is 0.269 e. The SMILES string of the molecule is CCCCOc1ccc(C(=O)NNC(=O)[C@H]2[C@H]3CC[C@@H](C3)[C@@H]2C(=O)[O-])cc1. The molecule has 2 saturated carbocycles. The normalized spacial score (nSPS) is 25.8. The van der Waals surface area contributed by atoms with Gasteiger partial charge in [0.05, 0.1) is 12.5 Å². The average molecular weight is 373 g/mol. The summed E-state index contributed by atoms with van der Waals surface area (Å²) in [5.74, 6) is -2.75. The number of amides is 2. The van der Waals surface area contributed by atoms with Crippen LogP contribution in [0, 0.1) is 23.7 Å². The van der Waals surface area contributed by atoms with Crippen LogP contribution in [0.25, 0.3) is 0 Å². The van der Waals surface area contributed by atoms with Gasteiger partial charge in [0, 0.05) is 17.5 Å². The zero-order valence-electron chi connectivity index (χ0n) is 15.4. The number of hydrazine groups is 1. The maximum atomic E-state index is 12.4. The summed E-state index contributed by atoms with van der Waals surface area (Å²) in [4.78, 5) is 36.1. The third-order valence-electron chi connectivity index (χ3n) is 5.67. The fraction of sp³-hybridized carbons (Fsp3) is 0.550. The van der Waals surface area contributed by atoms with Crippen molar-refractivity contribution in [2.24, 2.45) is 23.7 Å². The lowest BCUT2D eigenvalue weighted by atomic mass is 9.79. The molecular weight excluding hydrogens is 348 g/mol. The molecule has 4 atom stereocenters. The Labute approximate surface area is 158 Å². The van der Waals surface area contributed by atoms with Crippen LogP contribution in [-0.2, 0) is 9.59 Å². The van der Waals surface area contributed by atoms with Gasteiger partial charge in [-0.25, -0.2) is 0 Å². The predicted octanol–water partition coefficient (Wildman–Crippen LogP) is 1.04. The first kappa shape index (κ1) is 19.2. The molecular formula is C20H25N2O5-. The lowest BCUT2D eigenvalue weighted by molar-refractivity contribution is -0.314. The smallest absolute Gasteiger partial charge is 0.269 e. The van der Waals surface area contributed by atoms with Crippen molar-refractivity contribution >= 4 is 17.8 Å². The van der Waals surface area contributed by atoms with E-state index in [2.05, 4.69) is 17.8 Å². The second-order valence-corrected chi connectivity index (χ2v) is 7.37. The van der Waals surface area contributed by atoms with Gasteiger partial charge in [0.2, 0.25) is 5.91 Å². The van der Waals surface area contributed by atoms with Crippen molar-refractivity contribution in [3.8, 4) is 5.75 Å². The van der Waals surface area contributed by atoms with Crippen molar-refractivity contribution in [2.45, 2.75) is 39.0 Å². The van der Waals surface area contributed by atoms with Gasteiger partial charge in [-0.2, -0.15) is 0 Å². The first-order chi connectivity index (χ1) is 13.0. The van der Waals surface area contributed by atoms with Gasteiger partial charge in [0.25, 0.3) is 5.91 Å². The molecule has 0 unspecified atom stereocenters. The molecule has 2 aliphatic rings. The van der Waals surface area contributed by atoms with Gasteiger partial charge in [0.15, 0.2) is 0 Å². The first-order valence-electron chi connectivity index (χ1n) is 9.55. The van der Waals surface area contributed by atoms with Crippen molar-refractivity contribution in [1.82, 2.24) is 10.9 Å². The van der Waals surface area contributed by atoms with Gasteiger partial charge in [0.1, 0.15) is 5.75 Å². The van der Waals surface area contributed by atoms with Crippen LogP contribution in [0.1, 0.15) is 49.4 Å². The third-order valence-corrected chi connectivity index (χ3v) is 5.67. The Hall–Kier alpha value is -2.57. The van der Waals surface area contributed by atoms with Gasteiger partial charge < -0.3 is 14.6 Å². The highest BCUT2D eigenvalue weighted by atomic mass is 16.5. The number of hydrogen-bond donors (Lipinski definition) is 2. The molecule has 0 radical (unpaired) electrons.